The van der Waals surface area contributed by atoms with Gasteiger partial charge in [0.2, 0.25) is 0 Å². The number of alkyl halides is 17. The van der Waals surface area contributed by atoms with Crippen molar-refractivity contribution in [1.29, 1.82) is 0 Å². The first-order valence-corrected chi connectivity index (χ1v) is 7.69. The first-order valence-electron chi connectivity index (χ1n) is 7.69. The Morgan fingerprint density at radius 2 is 0.750 bits per heavy atom. The molecule has 19 heteroatoms. The van der Waals surface area contributed by atoms with Crippen molar-refractivity contribution < 1.29 is 79.4 Å². The van der Waals surface area contributed by atoms with Gasteiger partial charge >= 0.3 is 47.6 Å². The lowest BCUT2D eigenvalue weighted by atomic mass is 9.88. The molecular formula is C13H10F17NO. The van der Waals surface area contributed by atoms with Crippen molar-refractivity contribution in [1.82, 2.24) is 4.90 Å². The molecule has 0 bridgehead atoms. The van der Waals surface area contributed by atoms with Gasteiger partial charge in [-0.15, -0.1) is 0 Å². The Morgan fingerprint density at radius 3 is 1.00 bits per heavy atom. The Labute approximate surface area is 166 Å². The standard InChI is InChI=1S/C13H10F17NO/c1-3-31(4-2)5(32)6(14,15)7(16,17)8(18,19)9(20,21)10(22,23)11(24,25)12(26,27)13(28,29)30/h3-4H2,1-2H3. The summed E-state index contributed by atoms with van der Waals surface area (Å²) in [5.74, 6) is -61.1. The number of carbonyl (C=O) groups excluding carboxylic acids is 1. The lowest BCUT2D eigenvalue weighted by molar-refractivity contribution is -0.459. The molecule has 0 N–H and O–H groups in total. The summed E-state index contributed by atoms with van der Waals surface area (Å²) >= 11 is 0. The van der Waals surface area contributed by atoms with Crippen molar-refractivity contribution >= 4 is 5.91 Å². The topological polar surface area (TPSA) is 20.3 Å². The molecule has 0 rings (SSSR count). The van der Waals surface area contributed by atoms with E-state index in [2.05, 4.69) is 0 Å². The van der Waals surface area contributed by atoms with Crippen LogP contribution in [0, 0.1) is 0 Å². The van der Waals surface area contributed by atoms with Crippen LogP contribution in [0.25, 0.3) is 0 Å². The zero-order chi connectivity index (χ0) is 26.6. The molecule has 0 heterocycles. The van der Waals surface area contributed by atoms with Gasteiger partial charge in [-0.05, 0) is 13.8 Å². The zero-order valence-electron chi connectivity index (χ0n) is 15.2. The average Bonchev–Trinajstić information content (AvgIpc) is 2.60. The smallest absolute Gasteiger partial charge is 0.338 e. The molecule has 0 saturated carbocycles. The molecule has 0 aliphatic carbocycles. The van der Waals surface area contributed by atoms with Crippen LogP contribution in [0.5, 0.6) is 0 Å². The highest BCUT2D eigenvalue weighted by molar-refractivity contribution is 5.85. The van der Waals surface area contributed by atoms with E-state index in [1.165, 1.54) is 0 Å². The summed E-state index contributed by atoms with van der Waals surface area (Å²) in [5, 5.41) is 0. The van der Waals surface area contributed by atoms with Crippen molar-refractivity contribution in [3.8, 4) is 0 Å². The van der Waals surface area contributed by atoms with Crippen LogP contribution < -0.4 is 0 Å². The molecule has 0 spiro atoms. The molecule has 0 radical (unpaired) electrons. The van der Waals surface area contributed by atoms with Crippen LogP contribution in [0.4, 0.5) is 74.6 Å². The van der Waals surface area contributed by atoms with Gasteiger partial charge in [-0.2, -0.15) is 74.6 Å². The second-order valence-corrected chi connectivity index (χ2v) is 6.00. The van der Waals surface area contributed by atoms with Crippen LogP contribution in [0.15, 0.2) is 0 Å². The van der Waals surface area contributed by atoms with E-state index in [9.17, 15) is 79.4 Å². The van der Waals surface area contributed by atoms with Gasteiger partial charge in [0.05, 0.1) is 0 Å². The molecule has 0 aromatic heterocycles. The molecule has 0 aromatic carbocycles. The van der Waals surface area contributed by atoms with Crippen LogP contribution in [0.3, 0.4) is 0 Å². The number of hydrogen-bond donors (Lipinski definition) is 0. The maximum Gasteiger partial charge on any atom is 0.460 e. The normalized spacial score (nSPS) is 15.7. The summed E-state index contributed by atoms with van der Waals surface area (Å²) in [6.07, 6.45) is -7.81. The molecule has 0 atom stereocenters. The van der Waals surface area contributed by atoms with Gasteiger partial charge in [0.1, 0.15) is 0 Å². The second-order valence-electron chi connectivity index (χ2n) is 6.00. The summed E-state index contributed by atoms with van der Waals surface area (Å²) in [4.78, 5) is 10.9. The highest BCUT2D eigenvalue weighted by Gasteiger charge is 2.95. The maximum atomic E-state index is 13.6. The quantitative estimate of drug-likeness (QED) is 0.350. The minimum Gasteiger partial charge on any atom is -0.338 e. The predicted octanol–water partition coefficient (Wildman–Crippen LogP) is 5.86. The van der Waals surface area contributed by atoms with E-state index in [1.54, 1.807) is 0 Å². The van der Waals surface area contributed by atoms with E-state index < -0.39 is 71.5 Å². The summed E-state index contributed by atoms with van der Waals surface area (Å²) in [6, 6.07) is 0. The molecule has 0 fully saturated rings. The Balaban J connectivity index is 6.82. The zero-order valence-corrected chi connectivity index (χ0v) is 15.2. The van der Waals surface area contributed by atoms with E-state index in [0.717, 1.165) is 13.8 Å². The number of amides is 1. The van der Waals surface area contributed by atoms with Crippen molar-refractivity contribution in [3.63, 3.8) is 0 Å². The highest BCUT2D eigenvalue weighted by Crippen LogP contribution is 2.64. The average molecular weight is 519 g/mol. The molecule has 32 heavy (non-hydrogen) atoms. The largest absolute Gasteiger partial charge is 0.460 e. The van der Waals surface area contributed by atoms with Crippen LogP contribution in [0.1, 0.15) is 13.8 Å². The predicted molar refractivity (Wildman–Crippen MR) is 68.6 cm³/mol. The number of hydrogen-bond acceptors (Lipinski definition) is 1. The Morgan fingerprint density at radius 1 is 0.500 bits per heavy atom. The van der Waals surface area contributed by atoms with Gasteiger partial charge in [0.25, 0.3) is 5.91 Å². The summed E-state index contributed by atoms with van der Waals surface area (Å²) in [5.41, 5.74) is 0. The van der Waals surface area contributed by atoms with E-state index >= 15 is 0 Å². The minimum atomic E-state index is -8.71. The fourth-order valence-corrected chi connectivity index (χ4v) is 2.01. The van der Waals surface area contributed by atoms with Crippen molar-refractivity contribution in [3.05, 3.63) is 0 Å². The second kappa shape index (κ2) is 7.95. The number of halogens is 17. The highest BCUT2D eigenvalue weighted by atomic mass is 19.4. The third-order valence-electron chi connectivity index (χ3n) is 4.04. The minimum absolute atomic E-state index is 0.410. The fraction of sp³-hybridized carbons (Fsp3) is 0.923. The van der Waals surface area contributed by atoms with Crippen molar-refractivity contribution in [2.24, 2.45) is 0 Å². The first kappa shape index (κ1) is 30.3. The van der Waals surface area contributed by atoms with Gasteiger partial charge in [-0.25, -0.2) is 0 Å². The van der Waals surface area contributed by atoms with Crippen LogP contribution in [0.2, 0.25) is 0 Å². The number of carbonyl (C=O) groups is 1. The lowest BCUT2D eigenvalue weighted by Gasteiger charge is -2.42. The van der Waals surface area contributed by atoms with Gasteiger partial charge in [-0.3, -0.25) is 4.79 Å². The first-order chi connectivity index (χ1) is 13.7. The Kier molecular flexibility index (Phi) is 7.52. The fourth-order valence-electron chi connectivity index (χ4n) is 2.01. The van der Waals surface area contributed by atoms with E-state index in [4.69, 9.17) is 0 Å². The van der Waals surface area contributed by atoms with Gasteiger partial charge < -0.3 is 4.90 Å². The van der Waals surface area contributed by atoms with Crippen LogP contribution in [-0.4, -0.2) is 71.5 Å². The SMILES string of the molecule is CCN(CC)C(=O)C(F)(F)C(F)(F)C(F)(F)C(F)(F)C(F)(F)C(F)(F)C(F)(F)C(F)(F)F. The van der Waals surface area contributed by atoms with E-state index in [1.807, 2.05) is 0 Å². The van der Waals surface area contributed by atoms with Crippen molar-refractivity contribution in [2.45, 2.75) is 61.5 Å². The lowest BCUT2D eigenvalue weighted by Crippen LogP contribution is -2.75. The molecule has 0 aliphatic rings. The molecule has 0 saturated heterocycles. The van der Waals surface area contributed by atoms with Gasteiger partial charge in [0, 0.05) is 13.1 Å². The molecule has 2 nitrogen and oxygen atoms in total. The maximum absolute atomic E-state index is 13.6. The van der Waals surface area contributed by atoms with Gasteiger partial charge in [0.15, 0.2) is 0 Å². The third kappa shape index (κ3) is 3.71. The molecule has 192 valence electrons. The van der Waals surface area contributed by atoms with Gasteiger partial charge in [-0.1, -0.05) is 0 Å². The van der Waals surface area contributed by atoms with Crippen LogP contribution >= 0.6 is 0 Å². The summed E-state index contributed by atoms with van der Waals surface area (Å²) in [6.45, 7) is -0.434. The molecular weight excluding hydrogens is 509 g/mol. The van der Waals surface area contributed by atoms with E-state index in [-0.39, 0.29) is 0 Å². The third-order valence-corrected chi connectivity index (χ3v) is 4.04. The summed E-state index contributed by atoms with van der Waals surface area (Å²) in [7, 11) is 0. The van der Waals surface area contributed by atoms with Crippen LogP contribution in [-0.2, 0) is 4.79 Å². The monoisotopic (exact) mass is 519 g/mol. The Bertz CT molecular complexity index is 691. The van der Waals surface area contributed by atoms with Crippen molar-refractivity contribution in [2.75, 3.05) is 13.1 Å². The van der Waals surface area contributed by atoms with E-state index in [0.29, 0.717) is 0 Å². The number of rotatable bonds is 9. The molecule has 0 aromatic rings. The molecule has 1 amide bonds. The Hall–Kier alpha value is -1.72. The number of nitrogens with zero attached hydrogens (tertiary/aromatic N) is 1. The summed E-state index contributed by atoms with van der Waals surface area (Å²) < 4.78 is 222. The molecule has 0 aliphatic heterocycles. The molecule has 0 unspecified atom stereocenters.